The summed E-state index contributed by atoms with van der Waals surface area (Å²) in [6.07, 6.45) is 2.50. The van der Waals surface area contributed by atoms with Gasteiger partial charge in [0.05, 0.1) is 19.8 Å². The van der Waals surface area contributed by atoms with E-state index in [1.54, 1.807) is 0 Å². The summed E-state index contributed by atoms with van der Waals surface area (Å²) in [6.45, 7) is 2.56. The number of thioether (sulfide) groups is 1. The van der Waals surface area contributed by atoms with Gasteiger partial charge in [-0.3, -0.25) is 0 Å². The quantitative estimate of drug-likeness (QED) is 0.424. The van der Waals surface area contributed by atoms with Gasteiger partial charge in [0.15, 0.2) is 0 Å². The van der Waals surface area contributed by atoms with E-state index in [0.717, 1.165) is 25.6 Å². The Labute approximate surface area is 59.9 Å². The third-order valence-corrected chi connectivity index (χ3v) is 1.71. The Bertz CT molecular complexity index is 73.5. The molecule has 1 atom stereocenters. The first-order valence-electron chi connectivity index (χ1n) is 3.12. The second-order valence-corrected chi connectivity index (χ2v) is 3.01. The summed E-state index contributed by atoms with van der Waals surface area (Å²) in [5, 5.41) is 0. The van der Waals surface area contributed by atoms with E-state index in [4.69, 9.17) is 9.47 Å². The summed E-state index contributed by atoms with van der Waals surface area (Å²) in [5.74, 6) is 1.09. The Morgan fingerprint density at radius 1 is 1.78 bits per heavy atom. The van der Waals surface area contributed by atoms with E-state index in [9.17, 15) is 0 Å². The summed E-state index contributed by atoms with van der Waals surface area (Å²) in [4.78, 5) is 0. The molecule has 0 bridgehead atoms. The highest BCUT2D eigenvalue weighted by molar-refractivity contribution is 7.98. The lowest BCUT2D eigenvalue weighted by Gasteiger charge is -1.97. The molecule has 1 saturated heterocycles. The van der Waals surface area contributed by atoms with Crippen molar-refractivity contribution in [3.05, 3.63) is 0 Å². The minimum atomic E-state index is 0.423. The summed E-state index contributed by atoms with van der Waals surface area (Å²) >= 11 is 1.81. The maximum absolute atomic E-state index is 5.25. The van der Waals surface area contributed by atoms with Gasteiger partial charge >= 0.3 is 0 Å². The molecular weight excluding hydrogens is 136 g/mol. The molecule has 54 valence electrons. The number of hydrogen-bond acceptors (Lipinski definition) is 3. The zero-order valence-corrected chi connectivity index (χ0v) is 6.45. The van der Waals surface area contributed by atoms with Gasteiger partial charge in [-0.2, -0.15) is 11.8 Å². The Hall–Kier alpha value is 0.270. The second kappa shape index (κ2) is 4.14. The van der Waals surface area contributed by atoms with Gasteiger partial charge in [-0.05, 0) is 6.26 Å². The van der Waals surface area contributed by atoms with Gasteiger partial charge in [0.1, 0.15) is 6.10 Å². The summed E-state index contributed by atoms with van der Waals surface area (Å²) in [7, 11) is 0. The van der Waals surface area contributed by atoms with Gasteiger partial charge in [-0.25, -0.2) is 0 Å². The van der Waals surface area contributed by atoms with Crippen LogP contribution in [0.3, 0.4) is 0 Å². The molecule has 0 aromatic heterocycles. The molecule has 0 saturated carbocycles. The SMILES string of the molecule is CSCCOCC1CO1. The molecule has 0 N–H and O–H groups in total. The Morgan fingerprint density at radius 2 is 2.56 bits per heavy atom. The first-order valence-corrected chi connectivity index (χ1v) is 4.51. The molecule has 1 unspecified atom stereocenters. The minimum Gasteiger partial charge on any atom is -0.378 e. The average molecular weight is 148 g/mol. The molecule has 0 aliphatic carbocycles. The van der Waals surface area contributed by atoms with Gasteiger partial charge in [0.2, 0.25) is 0 Å². The van der Waals surface area contributed by atoms with Crippen molar-refractivity contribution in [2.75, 3.05) is 31.8 Å². The highest BCUT2D eigenvalue weighted by Gasteiger charge is 2.21. The highest BCUT2D eigenvalue weighted by atomic mass is 32.2. The third kappa shape index (κ3) is 3.78. The van der Waals surface area contributed by atoms with Gasteiger partial charge in [0, 0.05) is 5.75 Å². The van der Waals surface area contributed by atoms with Crippen molar-refractivity contribution in [1.29, 1.82) is 0 Å². The fraction of sp³-hybridized carbons (Fsp3) is 1.00. The van der Waals surface area contributed by atoms with Crippen molar-refractivity contribution in [3.8, 4) is 0 Å². The summed E-state index contributed by atoms with van der Waals surface area (Å²) in [6, 6.07) is 0. The van der Waals surface area contributed by atoms with Crippen molar-refractivity contribution >= 4 is 11.8 Å². The minimum absolute atomic E-state index is 0.423. The van der Waals surface area contributed by atoms with Gasteiger partial charge < -0.3 is 9.47 Å². The summed E-state index contributed by atoms with van der Waals surface area (Å²) in [5.41, 5.74) is 0. The second-order valence-electron chi connectivity index (χ2n) is 2.02. The number of hydrogen-bond donors (Lipinski definition) is 0. The van der Waals surface area contributed by atoms with Crippen molar-refractivity contribution < 1.29 is 9.47 Å². The molecule has 0 spiro atoms. The predicted octanol–water partition coefficient (Wildman–Crippen LogP) is 0.765. The van der Waals surface area contributed by atoms with Crippen LogP contribution in [0.5, 0.6) is 0 Å². The Morgan fingerprint density at radius 3 is 3.11 bits per heavy atom. The average Bonchev–Trinajstić information content (AvgIpc) is 2.63. The van der Waals surface area contributed by atoms with Crippen LogP contribution in [0.15, 0.2) is 0 Å². The molecule has 9 heavy (non-hydrogen) atoms. The van der Waals surface area contributed by atoms with E-state index in [-0.39, 0.29) is 0 Å². The standard InChI is InChI=1S/C6H12O2S/c1-9-3-2-7-4-6-5-8-6/h6H,2-5H2,1H3. The molecular formula is C6H12O2S. The molecule has 1 fully saturated rings. The molecule has 0 aromatic carbocycles. The molecule has 1 heterocycles. The van der Waals surface area contributed by atoms with Gasteiger partial charge in [0.25, 0.3) is 0 Å². The zero-order chi connectivity index (χ0) is 6.53. The fourth-order valence-corrected chi connectivity index (χ4v) is 0.806. The van der Waals surface area contributed by atoms with Crippen LogP contribution in [-0.4, -0.2) is 37.9 Å². The van der Waals surface area contributed by atoms with Gasteiger partial charge in [-0.1, -0.05) is 0 Å². The molecule has 0 radical (unpaired) electrons. The third-order valence-electron chi connectivity index (χ3n) is 1.14. The van der Waals surface area contributed by atoms with Crippen LogP contribution in [0, 0.1) is 0 Å². The van der Waals surface area contributed by atoms with Crippen LogP contribution in [0.2, 0.25) is 0 Å². The molecule has 1 aliphatic rings. The largest absolute Gasteiger partial charge is 0.378 e. The van der Waals surface area contributed by atoms with E-state index in [2.05, 4.69) is 6.26 Å². The van der Waals surface area contributed by atoms with E-state index >= 15 is 0 Å². The molecule has 3 heteroatoms. The lowest BCUT2D eigenvalue weighted by Crippen LogP contribution is -2.03. The lowest BCUT2D eigenvalue weighted by atomic mass is 10.5. The molecule has 2 nitrogen and oxygen atoms in total. The van der Waals surface area contributed by atoms with Crippen LogP contribution in [0.25, 0.3) is 0 Å². The van der Waals surface area contributed by atoms with E-state index < -0.39 is 0 Å². The molecule has 0 amide bonds. The van der Waals surface area contributed by atoms with Crippen molar-refractivity contribution in [3.63, 3.8) is 0 Å². The smallest absolute Gasteiger partial charge is 0.104 e. The number of epoxide rings is 1. The van der Waals surface area contributed by atoms with Crippen molar-refractivity contribution in [2.24, 2.45) is 0 Å². The van der Waals surface area contributed by atoms with E-state index in [1.165, 1.54) is 0 Å². The van der Waals surface area contributed by atoms with Crippen LogP contribution >= 0.6 is 11.8 Å². The summed E-state index contributed by atoms with van der Waals surface area (Å²) < 4.78 is 10.2. The highest BCUT2D eigenvalue weighted by Crippen LogP contribution is 2.08. The van der Waals surface area contributed by atoms with Crippen LogP contribution in [-0.2, 0) is 9.47 Å². The zero-order valence-electron chi connectivity index (χ0n) is 5.63. The van der Waals surface area contributed by atoms with Crippen molar-refractivity contribution in [1.82, 2.24) is 0 Å². The molecule has 1 rings (SSSR count). The molecule has 0 aromatic rings. The maximum atomic E-state index is 5.25. The number of rotatable bonds is 5. The lowest BCUT2D eigenvalue weighted by molar-refractivity contribution is 0.130. The maximum Gasteiger partial charge on any atom is 0.104 e. The van der Waals surface area contributed by atoms with Crippen LogP contribution in [0.4, 0.5) is 0 Å². The normalized spacial score (nSPS) is 24.3. The topological polar surface area (TPSA) is 21.8 Å². The van der Waals surface area contributed by atoms with E-state index in [0.29, 0.717) is 6.10 Å². The monoisotopic (exact) mass is 148 g/mol. The Balaban J connectivity index is 1.71. The van der Waals surface area contributed by atoms with Crippen LogP contribution in [0.1, 0.15) is 0 Å². The van der Waals surface area contributed by atoms with Gasteiger partial charge in [-0.15, -0.1) is 0 Å². The first kappa shape index (κ1) is 7.38. The fourth-order valence-electron chi connectivity index (χ4n) is 0.521. The predicted molar refractivity (Wildman–Crippen MR) is 38.9 cm³/mol. The van der Waals surface area contributed by atoms with Crippen molar-refractivity contribution in [2.45, 2.75) is 6.10 Å². The first-order chi connectivity index (χ1) is 4.43. The Kier molecular flexibility index (Phi) is 3.40. The van der Waals surface area contributed by atoms with E-state index in [1.807, 2.05) is 11.8 Å². The van der Waals surface area contributed by atoms with Crippen LogP contribution < -0.4 is 0 Å². The molecule has 1 aliphatic heterocycles. The number of ether oxygens (including phenoxy) is 2.